The number of carbonyl (C=O) groups excluding carboxylic acids is 1. The standard InChI is InChI=1S/C18H30N4O4.HI/c1-17(2,3)26-16(23)22-18(4,5)11-20-15(19)21-12-8-9-13(24-6)14(10-12)25-7;/h8-10H,11H2,1-7H3,(H,22,23)(H3,19,20,21);1H. The fraction of sp³-hybridized carbons (Fsp3) is 0.556. The summed E-state index contributed by atoms with van der Waals surface area (Å²) < 4.78 is 15.7. The van der Waals surface area contributed by atoms with Gasteiger partial charge in [0.05, 0.1) is 26.3 Å². The van der Waals surface area contributed by atoms with E-state index in [1.54, 1.807) is 32.4 Å². The SMILES string of the molecule is COc1ccc(NC(N)=NCC(C)(C)NC(=O)OC(C)(C)C)cc1OC.I. The second-order valence-electron chi connectivity index (χ2n) is 7.41. The molecule has 4 N–H and O–H groups in total. The third-order valence-electron chi connectivity index (χ3n) is 3.14. The highest BCUT2D eigenvalue weighted by atomic mass is 127. The zero-order valence-corrected chi connectivity index (χ0v) is 19.3. The van der Waals surface area contributed by atoms with Gasteiger partial charge in [0, 0.05) is 11.8 Å². The minimum Gasteiger partial charge on any atom is -0.493 e. The van der Waals surface area contributed by atoms with Crippen molar-refractivity contribution in [1.82, 2.24) is 5.32 Å². The van der Waals surface area contributed by atoms with Crippen molar-refractivity contribution in [2.24, 2.45) is 10.7 Å². The molecule has 9 heteroatoms. The number of halogens is 1. The molecule has 0 bridgehead atoms. The van der Waals surface area contributed by atoms with Crippen LogP contribution in [0.4, 0.5) is 10.5 Å². The second-order valence-corrected chi connectivity index (χ2v) is 7.41. The minimum absolute atomic E-state index is 0. The van der Waals surface area contributed by atoms with E-state index in [-0.39, 0.29) is 36.5 Å². The number of benzene rings is 1. The summed E-state index contributed by atoms with van der Waals surface area (Å²) >= 11 is 0. The van der Waals surface area contributed by atoms with Crippen molar-refractivity contribution in [2.45, 2.75) is 45.8 Å². The first kappa shape index (κ1) is 25.1. The highest BCUT2D eigenvalue weighted by Gasteiger charge is 2.24. The van der Waals surface area contributed by atoms with E-state index in [0.717, 1.165) is 0 Å². The van der Waals surface area contributed by atoms with E-state index in [9.17, 15) is 4.79 Å². The predicted octanol–water partition coefficient (Wildman–Crippen LogP) is 3.35. The summed E-state index contributed by atoms with van der Waals surface area (Å²) in [5, 5.41) is 5.76. The number of rotatable bonds is 6. The van der Waals surface area contributed by atoms with Crippen molar-refractivity contribution in [3.63, 3.8) is 0 Å². The molecule has 27 heavy (non-hydrogen) atoms. The molecule has 1 aromatic rings. The molecule has 1 amide bonds. The molecule has 0 aromatic heterocycles. The number of amides is 1. The first-order chi connectivity index (χ1) is 12.0. The van der Waals surface area contributed by atoms with Crippen molar-refractivity contribution in [1.29, 1.82) is 0 Å². The van der Waals surface area contributed by atoms with Crippen LogP contribution in [0.25, 0.3) is 0 Å². The number of aliphatic imine (C=N–C) groups is 1. The maximum Gasteiger partial charge on any atom is 0.408 e. The lowest BCUT2D eigenvalue weighted by molar-refractivity contribution is 0.0476. The summed E-state index contributed by atoms with van der Waals surface area (Å²) in [5.74, 6) is 1.42. The number of carbonyl (C=O) groups is 1. The molecule has 0 fully saturated rings. The van der Waals surface area contributed by atoms with Crippen molar-refractivity contribution in [3.05, 3.63) is 18.2 Å². The number of anilines is 1. The Hall–Kier alpha value is -1.91. The summed E-state index contributed by atoms with van der Waals surface area (Å²) in [4.78, 5) is 16.2. The van der Waals surface area contributed by atoms with Gasteiger partial charge in [0.25, 0.3) is 0 Å². The fourth-order valence-electron chi connectivity index (χ4n) is 2.00. The second kappa shape index (κ2) is 10.4. The van der Waals surface area contributed by atoms with Crippen LogP contribution in [0.15, 0.2) is 23.2 Å². The van der Waals surface area contributed by atoms with E-state index in [4.69, 9.17) is 19.9 Å². The van der Waals surface area contributed by atoms with Crippen LogP contribution in [0, 0.1) is 0 Å². The van der Waals surface area contributed by atoms with Gasteiger partial charge in [-0.25, -0.2) is 4.79 Å². The van der Waals surface area contributed by atoms with Crippen LogP contribution in [0.1, 0.15) is 34.6 Å². The molecule has 154 valence electrons. The molecule has 0 spiro atoms. The van der Waals surface area contributed by atoms with Gasteiger partial charge < -0.3 is 30.6 Å². The Kier molecular flexibility index (Phi) is 9.69. The lowest BCUT2D eigenvalue weighted by atomic mass is 10.1. The summed E-state index contributed by atoms with van der Waals surface area (Å²) in [7, 11) is 3.13. The maximum absolute atomic E-state index is 11.9. The highest BCUT2D eigenvalue weighted by Crippen LogP contribution is 2.29. The molecule has 1 aromatic carbocycles. The Morgan fingerprint density at radius 2 is 1.70 bits per heavy atom. The quantitative estimate of drug-likeness (QED) is 0.318. The molecular formula is C18H31IN4O4. The molecule has 0 atom stereocenters. The van der Waals surface area contributed by atoms with Gasteiger partial charge in [-0.3, -0.25) is 4.99 Å². The first-order valence-electron chi connectivity index (χ1n) is 8.26. The number of methoxy groups -OCH3 is 2. The van der Waals surface area contributed by atoms with Crippen molar-refractivity contribution < 1.29 is 19.0 Å². The Balaban J connectivity index is 0.00000676. The number of guanidine groups is 1. The zero-order valence-electron chi connectivity index (χ0n) is 17.0. The van der Waals surface area contributed by atoms with Gasteiger partial charge in [-0.15, -0.1) is 24.0 Å². The molecular weight excluding hydrogens is 463 g/mol. The normalized spacial score (nSPS) is 11.9. The fourth-order valence-corrected chi connectivity index (χ4v) is 2.00. The van der Waals surface area contributed by atoms with Gasteiger partial charge in [0.1, 0.15) is 5.60 Å². The first-order valence-corrected chi connectivity index (χ1v) is 8.26. The molecule has 0 radical (unpaired) electrons. The molecule has 0 aliphatic heterocycles. The van der Waals surface area contributed by atoms with Gasteiger partial charge in [0.15, 0.2) is 17.5 Å². The van der Waals surface area contributed by atoms with Gasteiger partial charge in [-0.2, -0.15) is 0 Å². The van der Waals surface area contributed by atoms with E-state index in [0.29, 0.717) is 17.2 Å². The van der Waals surface area contributed by atoms with Crippen LogP contribution in [0.5, 0.6) is 11.5 Å². The molecule has 8 nitrogen and oxygen atoms in total. The number of nitrogens with one attached hydrogen (secondary N) is 2. The highest BCUT2D eigenvalue weighted by molar-refractivity contribution is 14.0. The van der Waals surface area contributed by atoms with Crippen LogP contribution in [0.3, 0.4) is 0 Å². The Morgan fingerprint density at radius 1 is 1.11 bits per heavy atom. The van der Waals surface area contributed by atoms with E-state index >= 15 is 0 Å². The average molecular weight is 494 g/mol. The number of hydrogen-bond donors (Lipinski definition) is 3. The van der Waals surface area contributed by atoms with Gasteiger partial charge in [-0.1, -0.05) is 0 Å². The van der Waals surface area contributed by atoms with Crippen molar-refractivity contribution in [2.75, 3.05) is 26.1 Å². The third kappa shape index (κ3) is 9.55. The van der Waals surface area contributed by atoms with E-state index < -0.39 is 17.2 Å². The topological polar surface area (TPSA) is 107 Å². The maximum atomic E-state index is 11.9. The van der Waals surface area contributed by atoms with Crippen LogP contribution < -0.4 is 25.8 Å². The Bertz CT molecular complexity index is 657. The predicted molar refractivity (Wildman–Crippen MR) is 119 cm³/mol. The summed E-state index contributed by atoms with van der Waals surface area (Å²) in [6, 6.07) is 5.32. The van der Waals surface area contributed by atoms with E-state index in [1.807, 2.05) is 34.6 Å². The van der Waals surface area contributed by atoms with Crippen LogP contribution in [-0.4, -0.2) is 44.0 Å². The molecule has 0 unspecified atom stereocenters. The lowest BCUT2D eigenvalue weighted by Gasteiger charge is -2.27. The van der Waals surface area contributed by atoms with E-state index in [2.05, 4.69) is 15.6 Å². The van der Waals surface area contributed by atoms with Gasteiger partial charge >= 0.3 is 6.09 Å². The van der Waals surface area contributed by atoms with Gasteiger partial charge in [0.2, 0.25) is 0 Å². The molecule has 0 heterocycles. The number of alkyl carbamates (subject to hydrolysis) is 1. The molecule has 0 saturated heterocycles. The third-order valence-corrected chi connectivity index (χ3v) is 3.14. The van der Waals surface area contributed by atoms with Gasteiger partial charge in [-0.05, 0) is 46.8 Å². The van der Waals surface area contributed by atoms with Crippen molar-refractivity contribution >= 4 is 41.7 Å². The molecule has 0 aliphatic carbocycles. The van der Waals surface area contributed by atoms with Crippen LogP contribution in [0.2, 0.25) is 0 Å². The molecule has 1 rings (SSSR count). The number of ether oxygens (including phenoxy) is 3. The van der Waals surface area contributed by atoms with E-state index in [1.165, 1.54) is 0 Å². The summed E-state index contributed by atoms with van der Waals surface area (Å²) in [5.41, 5.74) is 5.46. The largest absolute Gasteiger partial charge is 0.493 e. The van der Waals surface area contributed by atoms with Crippen LogP contribution >= 0.6 is 24.0 Å². The number of hydrogen-bond acceptors (Lipinski definition) is 5. The van der Waals surface area contributed by atoms with Crippen molar-refractivity contribution in [3.8, 4) is 11.5 Å². The number of nitrogens with two attached hydrogens (primary N) is 1. The lowest BCUT2D eigenvalue weighted by Crippen LogP contribution is -2.48. The smallest absolute Gasteiger partial charge is 0.408 e. The Morgan fingerprint density at radius 3 is 2.22 bits per heavy atom. The number of nitrogens with zero attached hydrogens (tertiary/aromatic N) is 1. The summed E-state index contributed by atoms with van der Waals surface area (Å²) in [6.07, 6.45) is -0.496. The summed E-state index contributed by atoms with van der Waals surface area (Å²) in [6.45, 7) is 9.38. The Labute approximate surface area is 178 Å². The molecule has 0 saturated carbocycles. The van der Waals surface area contributed by atoms with Crippen LogP contribution in [-0.2, 0) is 4.74 Å². The monoisotopic (exact) mass is 494 g/mol. The zero-order chi connectivity index (χ0) is 20.0. The minimum atomic E-state index is -0.619. The average Bonchev–Trinajstić information content (AvgIpc) is 2.50. The molecule has 0 aliphatic rings.